The molecule has 1 atom stereocenters. The van der Waals surface area contributed by atoms with Gasteiger partial charge in [0.25, 0.3) is 5.69 Å². The van der Waals surface area contributed by atoms with Crippen LogP contribution in [0.15, 0.2) is 29.2 Å². The van der Waals surface area contributed by atoms with E-state index in [0.717, 1.165) is 6.42 Å². The Morgan fingerprint density at radius 3 is 2.29 bits per heavy atom. The van der Waals surface area contributed by atoms with Crippen LogP contribution >= 0.6 is 0 Å². The van der Waals surface area contributed by atoms with E-state index in [1.165, 1.54) is 24.3 Å². The SMILES string of the molecule is CCC(C)(C)OS(=O)c1ccc([N+](=O)[O-])cc1. The highest BCUT2D eigenvalue weighted by Crippen LogP contribution is 2.21. The van der Waals surface area contributed by atoms with Gasteiger partial charge in [-0.1, -0.05) is 6.92 Å². The molecule has 0 spiro atoms. The number of nitrogens with zero attached hydrogens (tertiary/aromatic N) is 1. The fourth-order valence-corrected chi connectivity index (χ4v) is 1.97. The fourth-order valence-electron chi connectivity index (χ4n) is 0.991. The summed E-state index contributed by atoms with van der Waals surface area (Å²) in [7, 11) is 0. The van der Waals surface area contributed by atoms with Crippen molar-refractivity contribution in [2.45, 2.75) is 37.7 Å². The van der Waals surface area contributed by atoms with E-state index in [2.05, 4.69) is 0 Å². The molecule has 17 heavy (non-hydrogen) atoms. The molecule has 0 aliphatic carbocycles. The Morgan fingerprint density at radius 1 is 1.35 bits per heavy atom. The molecular weight excluding hydrogens is 242 g/mol. The van der Waals surface area contributed by atoms with Crippen LogP contribution in [-0.4, -0.2) is 14.7 Å². The third-order valence-corrected chi connectivity index (χ3v) is 3.65. The second kappa shape index (κ2) is 5.37. The molecule has 1 aromatic rings. The Bertz CT molecular complexity index is 428. The van der Waals surface area contributed by atoms with E-state index in [0.29, 0.717) is 4.90 Å². The molecule has 0 aromatic heterocycles. The Hall–Kier alpha value is -1.27. The minimum atomic E-state index is -1.60. The lowest BCUT2D eigenvalue weighted by Crippen LogP contribution is -2.24. The number of non-ortho nitro benzene ring substituents is 1. The molecule has 0 N–H and O–H groups in total. The zero-order valence-electron chi connectivity index (χ0n) is 10.0. The maximum atomic E-state index is 11.8. The van der Waals surface area contributed by atoms with Crippen molar-refractivity contribution in [1.82, 2.24) is 0 Å². The molecular formula is C11H15NO4S. The van der Waals surface area contributed by atoms with E-state index in [1.807, 2.05) is 20.8 Å². The molecule has 6 heteroatoms. The lowest BCUT2D eigenvalue weighted by molar-refractivity contribution is -0.384. The van der Waals surface area contributed by atoms with Gasteiger partial charge in [-0.05, 0) is 32.4 Å². The standard InChI is InChI=1S/C11H15NO4S/c1-4-11(2,3)16-17(15)10-7-5-9(6-8-10)12(13)14/h5-8H,4H2,1-3H3. The Morgan fingerprint density at radius 2 is 1.88 bits per heavy atom. The van der Waals surface area contributed by atoms with Gasteiger partial charge in [-0.15, -0.1) is 0 Å². The van der Waals surface area contributed by atoms with Gasteiger partial charge in [-0.25, -0.2) is 4.21 Å². The largest absolute Gasteiger partial charge is 0.281 e. The van der Waals surface area contributed by atoms with E-state index in [1.54, 1.807) is 0 Å². The van der Waals surface area contributed by atoms with Gasteiger partial charge in [-0.3, -0.25) is 14.3 Å². The van der Waals surface area contributed by atoms with Gasteiger partial charge in [0.2, 0.25) is 0 Å². The summed E-state index contributed by atoms with van der Waals surface area (Å²) in [6.45, 7) is 5.62. The predicted molar refractivity (Wildman–Crippen MR) is 65.0 cm³/mol. The zero-order chi connectivity index (χ0) is 13.1. The molecule has 0 fully saturated rings. The molecule has 5 nitrogen and oxygen atoms in total. The molecule has 0 aliphatic rings. The van der Waals surface area contributed by atoms with Crippen LogP contribution in [0.4, 0.5) is 5.69 Å². The highest BCUT2D eigenvalue weighted by Gasteiger charge is 2.20. The average Bonchev–Trinajstić information content (AvgIpc) is 2.28. The van der Waals surface area contributed by atoms with E-state index in [4.69, 9.17) is 4.18 Å². The molecule has 1 unspecified atom stereocenters. The Balaban J connectivity index is 2.80. The number of nitro groups is 1. The summed E-state index contributed by atoms with van der Waals surface area (Å²) in [4.78, 5) is 10.4. The van der Waals surface area contributed by atoms with Gasteiger partial charge in [0.1, 0.15) is 0 Å². The van der Waals surface area contributed by atoms with Gasteiger partial charge in [0.15, 0.2) is 11.1 Å². The van der Waals surface area contributed by atoms with Gasteiger partial charge in [0.05, 0.1) is 15.4 Å². The topological polar surface area (TPSA) is 69.4 Å². The molecule has 0 bridgehead atoms. The first-order chi connectivity index (χ1) is 7.85. The predicted octanol–water partition coefficient (Wildman–Crippen LogP) is 2.82. The van der Waals surface area contributed by atoms with Crippen molar-refractivity contribution in [3.8, 4) is 0 Å². The molecule has 1 rings (SSSR count). The minimum Gasteiger partial charge on any atom is -0.281 e. The van der Waals surface area contributed by atoms with Gasteiger partial charge in [0, 0.05) is 12.1 Å². The second-order valence-electron chi connectivity index (χ2n) is 4.18. The highest BCUT2D eigenvalue weighted by atomic mass is 32.2. The van der Waals surface area contributed by atoms with Crippen molar-refractivity contribution in [3.05, 3.63) is 34.4 Å². The number of nitro benzene ring substituents is 1. The zero-order valence-corrected chi connectivity index (χ0v) is 10.8. The maximum Gasteiger partial charge on any atom is 0.269 e. The minimum absolute atomic E-state index is 0.0273. The molecule has 0 saturated heterocycles. The first-order valence-electron chi connectivity index (χ1n) is 5.21. The first kappa shape index (κ1) is 13.8. The number of hydrogen-bond donors (Lipinski definition) is 0. The Labute approximate surface area is 103 Å². The molecule has 0 heterocycles. The van der Waals surface area contributed by atoms with Crippen LogP contribution in [-0.2, 0) is 15.3 Å². The van der Waals surface area contributed by atoms with Crippen molar-refractivity contribution < 1.29 is 13.3 Å². The van der Waals surface area contributed by atoms with Crippen LogP contribution in [0.25, 0.3) is 0 Å². The number of rotatable bonds is 5. The summed E-state index contributed by atoms with van der Waals surface area (Å²) in [5.41, 5.74) is -0.507. The van der Waals surface area contributed by atoms with Crippen molar-refractivity contribution in [2.24, 2.45) is 0 Å². The van der Waals surface area contributed by atoms with Crippen LogP contribution in [0, 0.1) is 10.1 Å². The summed E-state index contributed by atoms with van der Waals surface area (Å²) in [5.74, 6) is 0. The molecule has 0 radical (unpaired) electrons. The van der Waals surface area contributed by atoms with Gasteiger partial charge < -0.3 is 0 Å². The van der Waals surface area contributed by atoms with Crippen LogP contribution in [0.3, 0.4) is 0 Å². The first-order valence-corrected chi connectivity index (χ1v) is 6.29. The third kappa shape index (κ3) is 3.90. The van der Waals surface area contributed by atoms with Crippen molar-refractivity contribution >= 4 is 16.8 Å². The van der Waals surface area contributed by atoms with E-state index in [-0.39, 0.29) is 5.69 Å². The van der Waals surface area contributed by atoms with Crippen molar-refractivity contribution in [1.29, 1.82) is 0 Å². The van der Waals surface area contributed by atoms with E-state index >= 15 is 0 Å². The second-order valence-corrected chi connectivity index (χ2v) is 5.29. The van der Waals surface area contributed by atoms with Gasteiger partial charge in [-0.2, -0.15) is 0 Å². The summed E-state index contributed by atoms with van der Waals surface area (Å²) in [5, 5.41) is 10.5. The van der Waals surface area contributed by atoms with E-state index in [9.17, 15) is 14.3 Å². The summed E-state index contributed by atoms with van der Waals surface area (Å²) < 4.78 is 17.2. The Kier molecular flexibility index (Phi) is 4.36. The lowest BCUT2D eigenvalue weighted by Gasteiger charge is -2.21. The molecule has 0 aliphatic heterocycles. The normalized spacial score (nSPS) is 13.4. The van der Waals surface area contributed by atoms with Crippen LogP contribution in [0.2, 0.25) is 0 Å². The molecule has 1 aromatic carbocycles. The van der Waals surface area contributed by atoms with E-state index < -0.39 is 21.6 Å². The van der Waals surface area contributed by atoms with Crippen LogP contribution in [0.5, 0.6) is 0 Å². The average molecular weight is 257 g/mol. The van der Waals surface area contributed by atoms with Crippen molar-refractivity contribution in [2.75, 3.05) is 0 Å². The van der Waals surface area contributed by atoms with Gasteiger partial charge >= 0.3 is 0 Å². The third-order valence-electron chi connectivity index (χ3n) is 2.39. The molecule has 0 amide bonds. The number of hydrogen-bond acceptors (Lipinski definition) is 4. The van der Waals surface area contributed by atoms with Crippen LogP contribution < -0.4 is 0 Å². The van der Waals surface area contributed by atoms with Crippen LogP contribution in [0.1, 0.15) is 27.2 Å². The van der Waals surface area contributed by atoms with Crippen molar-refractivity contribution in [3.63, 3.8) is 0 Å². The summed E-state index contributed by atoms with van der Waals surface area (Å²) >= 11 is -1.60. The monoisotopic (exact) mass is 257 g/mol. The molecule has 94 valence electrons. The highest BCUT2D eigenvalue weighted by molar-refractivity contribution is 7.80. The molecule has 0 saturated carbocycles. The lowest BCUT2D eigenvalue weighted by atomic mass is 10.1. The summed E-state index contributed by atoms with van der Waals surface area (Å²) in [6.07, 6.45) is 0.728. The number of benzene rings is 1. The fraction of sp³-hybridized carbons (Fsp3) is 0.455. The smallest absolute Gasteiger partial charge is 0.269 e. The quantitative estimate of drug-likeness (QED) is 0.600. The maximum absolute atomic E-state index is 11.8. The summed E-state index contributed by atoms with van der Waals surface area (Å²) in [6, 6.07) is 5.52.